The smallest absolute Gasteiger partial charge is 0.271 e. The maximum Gasteiger partial charge on any atom is 0.271 e. The molecule has 0 fully saturated rings. The second kappa shape index (κ2) is 6.65. The van der Waals surface area contributed by atoms with Gasteiger partial charge in [0, 0.05) is 37.2 Å². The third-order valence-corrected chi connectivity index (χ3v) is 2.96. The number of nitrogens with zero attached hydrogens (tertiary/aromatic N) is 3. The predicted octanol–water partition coefficient (Wildman–Crippen LogP) is 0.385. The van der Waals surface area contributed by atoms with E-state index in [0.717, 1.165) is 5.69 Å². The molecule has 2 heterocycles. The van der Waals surface area contributed by atoms with E-state index in [4.69, 9.17) is 4.74 Å². The molecule has 0 aliphatic carbocycles. The fourth-order valence-corrected chi connectivity index (χ4v) is 1.89. The lowest BCUT2D eigenvalue weighted by Crippen LogP contribution is -2.32. The summed E-state index contributed by atoms with van der Waals surface area (Å²) in [6.45, 7) is 2.51. The van der Waals surface area contributed by atoms with Gasteiger partial charge in [-0.15, -0.1) is 0 Å². The highest BCUT2D eigenvalue weighted by Gasteiger charge is 2.07. The lowest BCUT2D eigenvalue weighted by atomic mass is 10.3. The van der Waals surface area contributed by atoms with Crippen molar-refractivity contribution in [3.63, 3.8) is 0 Å². The van der Waals surface area contributed by atoms with Crippen LogP contribution < -0.4 is 15.6 Å². The third kappa shape index (κ3) is 3.65. The van der Waals surface area contributed by atoms with Gasteiger partial charge < -0.3 is 14.6 Å². The molecule has 2 aromatic heterocycles. The maximum atomic E-state index is 11.9. The van der Waals surface area contributed by atoms with Crippen molar-refractivity contribution < 1.29 is 9.53 Å². The Morgan fingerprint density at radius 2 is 2.19 bits per heavy atom. The molecule has 110 valence electrons. The first kappa shape index (κ1) is 14.7. The molecule has 0 spiro atoms. The van der Waals surface area contributed by atoms with Crippen molar-refractivity contribution in [3.8, 4) is 5.75 Å². The standard InChI is InChI=1S/C14H16N4O3/c1-10-7-11(21-2)8-13(19)18(10)6-5-17-14(20)12-9-15-3-4-16-12/h3-4,7-9H,5-6H2,1-2H3,(H,17,20). The fraction of sp³-hybridized carbons (Fsp3) is 0.286. The number of methoxy groups -OCH3 is 1. The summed E-state index contributed by atoms with van der Waals surface area (Å²) in [5.41, 5.74) is 0.852. The summed E-state index contributed by atoms with van der Waals surface area (Å²) in [7, 11) is 1.51. The quantitative estimate of drug-likeness (QED) is 0.860. The van der Waals surface area contributed by atoms with Gasteiger partial charge in [0.05, 0.1) is 13.3 Å². The summed E-state index contributed by atoms with van der Waals surface area (Å²) >= 11 is 0. The van der Waals surface area contributed by atoms with Crippen LogP contribution in [0.2, 0.25) is 0 Å². The number of ether oxygens (including phenoxy) is 1. The molecule has 0 bridgehead atoms. The normalized spacial score (nSPS) is 10.2. The van der Waals surface area contributed by atoms with Gasteiger partial charge in [0.15, 0.2) is 0 Å². The van der Waals surface area contributed by atoms with Crippen molar-refractivity contribution in [2.75, 3.05) is 13.7 Å². The average Bonchev–Trinajstić information content (AvgIpc) is 2.50. The van der Waals surface area contributed by atoms with E-state index in [9.17, 15) is 9.59 Å². The molecule has 0 saturated carbocycles. The zero-order chi connectivity index (χ0) is 15.2. The number of nitrogens with one attached hydrogen (secondary N) is 1. The van der Waals surface area contributed by atoms with Crippen LogP contribution in [0, 0.1) is 6.92 Å². The minimum absolute atomic E-state index is 0.166. The number of amides is 1. The monoisotopic (exact) mass is 288 g/mol. The van der Waals surface area contributed by atoms with E-state index in [1.54, 1.807) is 10.6 Å². The van der Waals surface area contributed by atoms with E-state index in [0.29, 0.717) is 18.8 Å². The Morgan fingerprint density at radius 1 is 1.38 bits per heavy atom. The van der Waals surface area contributed by atoms with Crippen LogP contribution in [0.3, 0.4) is 0 Å². The molecular formula is C14H16N4O3. The van der Waals surface area contributed by atoms with Crippen molar-refractivity contribution in [3.05, 3.63) is 52.5 Å². The largest absolute Gasteiger partial charge is 0.496 e. The molecule has 0 radical (unpaired) electrons. The molecule has 0 aliphatic rings. The third-order valence-electron chi connectivity index (χ3n) is 2.96. The van der Waals surface area contributed by atoms with Crippen LogP contribution in [-0.4, -0.2) is 34.1 Å². The molecule has 1 N–H and O–H groups in total. The molecule has 2 rings (SSSR count). The lowest BCUT2D eigenvalue weighted by Gasteiger charge is -2.11. The minimum Gasteiger partial charge on any atom is -0.496 e. The Labute approximate surface area is 121 Å². The molecule has 1 amide bonds. The first-order valence-corrected chi connectivity index (χ1v) is 6.41. The number of rotatable bonds is 5. The van der Waals surface area contributed by atoms with Crippen molar-refractivity contribution in [2.45, 2.75) is 13.5 Å². The van der Waals surface area contributed by atoms with Gasteiger partial charge in [0.25, 0.3) is 11.5 Å². The molecule has 7 nitrogen and oxygen atoms in total. The van der Waals surface area contributed by atoms with Gasteiger partial charge in [-0.25, -0.2) is 4.98 Å². The van der Waals surface area contributed by atoms with Gasteiger partial charge in [-0.05, 0) is 13.0 Å². The summed E-state index contributed by atoms with van der Waals surface area (Å²) in [6, 6.07) is 3.18. The summed E-state index contributed by atoms with van der Waals surface area (Å²) < 4.78 is 6.60. The highest BCUT2D eigenvalue weighted by molar-refractivity contribution is 5.91. The van der Waals surface area contributed by atoms with Gasteiger partial charge in [-0.2, -0.15) is 0 Å². The number of hydrogen-bond acceptors (Lipinski definition) is 5. The van der Waals surface area contributed by atoms with Crippen molar-refractivity contribution in [2.24, 2.45) is 0 Å². The van der Waals surface area contributed by atoms with E-state index < -0.39 is 0 Å². The second-order valence-electron chi connectivity index (χ2n) is 4.37. The predicted molar refractivity (Wildman–Crippen MR) is 76.4 cm³/mol. The topological polar surface area (TPSA) is 86.1 Å². The second-order valence-corrected chi connectivity index (χ2v) is 4.37. The van der Waals surface area contributed by atoms with E-state index in [-0.39, 0.29) is 17.2 Å². The number of aryl methyl sites for hydroxylation is 1. The summed E-state index contributed by atoms with van der Waals surface area (Å²) in [5, 5.41) is 2.70. The van der Waals surface area contributed by atoms with E-state index in [2.05, 4.69) is 15.3 Å². The Kier molecular flexibility index (Phi) is 4.65. The number of carbonyl (C=O) groups is 1. The van der Waals surface area contributed by atoms with E-state index in [1.807, 2.05) is 6.92 Å². The molecule has 21 heavy (non-hydrogen) atoms. The Balaban J connectivity index is 1.98. The van der Waals surface area contributed by atoms with Crippen LogP contribution in [0.1, 0.15) is 16.2 Å². The molecule has 2 aromatic rings. The maximum absolute atomic E-state index is 11.9. The van der Waals surface area contributed by atoms with Gasteiger partial charge >= 0.3 is 0 Å². The van der Waals surface area contributed by atoms with Crippen LogP contribution in [0.5, 0.6) is 5.75 Å². The Morgan fingerprint density at radius 3 is 2.81 bits per heavy atom. The highest BCUT2D eigenvalue weighted by atomic mass is 16.5. The van der Waals surface area contributed by atoms with Gasteiger partial charge in [-0.1, -0.05) is 0 Å². The molecule has 7 heteroatoms. The van der Waals surface area contributed by atoms with Crippen LogP contribution in [0.15, 0.2) is 35.5 Å². The summed E-state index contributed by atoms with van der Waals surface area (Å²) in [6.07, 6.45) is 4.34. The fourth-order valence-electron chi connectivity index (χ4n) is 1.89. The average molecular weight is 288 g/mol. The van der Waals surface area contributed by atoms with Crippen LogP contribution >= 0.6 is 0 Å². The van der Waals surface area contributed by atoms with Crippen molar-refractivity contribution in [1.82, 2.24) is 19.9 Å². The van der Waals surface area contributed by atoms with Gasteiger partial charge in [0.1, 0.15) is 11.4 Å². The SMILES string of the molecule is COc1cc(C)n(CCNC(=O)c2cnccn2)c(=O)c1. The molecule has 0 aliphatic heterocycles. The molecule has 0 atom stereocenters. The number of aromatic nitrogens is 3. The zero-order valence-electron chi connectivity index (χ0n) is 11.9. The lowest BCUT2D eigenvalue weighted by molar-refractivity contribution is 0.0946. The van der Waals surface area contributed by atoms with Crippen LogP contribution in [-0.2, 0) is 6.54 Å². The summed E-state index contributed by atoms with van der Waals surface area (Å²) in [4.78, 5) is 31.4. The van der Waals surface area contributed by atoms with Gasteiger partial charge in [-0.3, -0.25) is 14.6 Å². The Hall–Kier alpha value is -2.70. The Bertz CT molecular complexity index is 682. The first-order valence-electron chi connectivity index (χ1n) is 6.41. The van der Waals surface area contributed by atoms with E-state index >= 15 is 0 Å². The van der Waals surface area contributed by atoms with Gasteiger partial charge in [0.2, 0.25) is 0 Å². The van der Waals surface area contributed by atoms with Crippen LogP contribution in [0.25, 0.3) is 0 Å². The number of hydrogen-bond donors (Lipinski definition) is 1. The zero-order valence-corrected chi connectivity index (χ0v) is 11.9. The first-order chi connectivity index (χ1) is 10.1. The molecule has 0 saturated heterocycles. The number of pyridine rings is 1. The molecule has 0 aromatic carbocycles. The molecule has 0 unspecified atom stereocenters. The van der Waals surface area contributed by atoms with Crippen molar-refractivity contribution >= 4 is 5.91 Å². The summed E-state index contributed by atoms with van der Waals surface area (Å²) in [5.74, 6) is 0.208. The minimum atomic E-state index is -0.317. The number of carbonyl (C=O) groups excluding carboxylic acids is 1. The molecular weight excluding hydrogens is 272 g/mol. The highest BCUT2D eigenvalue weighted by Crippen LogP contribution is 2.08. The van der Waals surface area contributed by atoms with Crippen LogP contribution in [0.4, 0.5) is 0 Å². The van der Waals surface area contributed by atoms with Crippen molar-refractivity contribution in [1.29, 1.82) is 0 Å². The van der Waals surface area contributed by atoms with E-state index in [1.165, 1.54) is 31.8 Å².